The lowest BCUT2D eigenvalue weighted by atomic mass is 10.0. The highest BCUT2D eigenvalue weighted by Gasteiger charge is 2.31. The lowest BCUT2D eigenvalue weighted by molar-refractivity contribution is -0.152. The molecule has 0 aliphatic carbocycles. The lowest BCUT2D eigenvalue weighted by Gasteiger charge is -2.22. The van der Waals surface area contributed by atoms with Gasteiger partial charge in [-0.15, -0.1) is 0 Å². The summed E-state index contributed by atoms with van der Waals surface area (Å²) in [6.45, 7) is 5.24. The molecule has 1 aliphatic rings. The van der Waals surface area contributed by atoms with Crippen LogP contribution in [-0.2, 0) is 30.4 Å². The predicted molar refractivity (Wildman–Crippen MR) is 122 cm³/mol. The number of fused-ring (bicyclic) bond motifs is 1. The van der Waals surface area contributed by atoms with Crippen LogP contribution in [0.1, 0.15) is 35.5 Å². The van der Waals surface area contributed by atoms with Gasteiger partial charge in [0.15, 0.2) is 11.4 Å². The number of alkyl halides is 3. The van der Waals surface area contributed by atoms with E-state index < -0.39 is 23.3 Å². The third-order valence-electron chi connectivity index (χ3n) is 5.76. The first kappa shape index (κ1) is 24.2. The lowest BCUT2D eigenvalue weighted by Crippen LogP contribution is -2.37. The van der Waals surface area contributed by atoms with Crippen molar-refractivity contribution in [3.63, 3.8) is 0 Å². The monoisotopic (exact) mass is 491 g/mol. The van der Waals surface area contributed by atoms with E-state index in [2.05, 4.69) is 14.3 Å². The van der Waals surface area contributed by atoms with Crippen LogP contribution in [0.4, 0.5) is 13.2 Å². The highest BCUT2D eigenvalue weighted by molar-refractivity contribution is 7.05. The molecule has 0 atom stereocenters. The van der Waals surface area contributed by atoms with E-state index in [0.717, 1.165) is 48.6 Å². The zero-order chi connectivity index (χ0) is 24.5. The Kier molecular flexibility index (Phi) is 6.64. The van der Waals surface area contributed by atoms with Crippen LogP contribution in [0.3, 0.4) is 0 Å². The predicted octanol–water partition coefficient (Wildman–Crippen LogP) is 5.07. The summed E-state index contributed by atoms with van der Waals surface area (Å²) in [5.74, 6) is -0.0686. The van der Waals surface area contributed by atoms with Gasteiger partial charge in [-0.05, 0) is 73.6 Å². The number of nitrogens with zero attached hydrogens (tertiary/aromatic N) is 3. The van der Waals surface area contributed by atoms with Crippen molar-refractivity contribution in [3.8, 4) is 17.1 Å². The Labute approximate surface area is 199 Å². The molecular weight excluding hydrogens is 467 g/mol. The van der Waals surface area contributed by atoms with Crippen LogP contribution in [0, 0.1) is 0 Å². The summed E-state index contributed by atoms with van der Waals surface area (Å²) >= 11 is 1.25. The van der Waals surface area contributed by atoms with Crippen molar-refractivity contribution < 1.29 is 27.8 Å². The molecule has 2 heterocycles. The van der Waals surface area contributed by atoms with Crippen molar-refractivity contribution in [2.45, 2.75) is 45.0 Å². The second-order valence-electron chi connectivity index (χ2n) is 8.71. The molecule has 1 N–H and O–H groups in total. The second kappa shape index (κ2) is 9.34. The topological polar surface area (TPSA) is 75.5 Å². The summed E-state index contributed by atoms with van der Waals surface area (Å²) in [7, 11) is 0. The molecule has 0 fully saturated rings. The zero-order valence-corrected chi connectivity index (χ0v) is 19.5. The number of benzene rings is 2. The van der Waals surface area contributed by atoms with E-state index in [9.17, 15) is 23.1 Å². The molecule has 0 saturated carbocycles. The number of aromatic nitrogens is 2. The number of ether oxygens (including phenoxy) is 1. The molecule has 0 saturated heterocycles. The number of hydrogen-bond acceptors (Lipinski definition) is 6. The van der Waals surface area contributed by atoms with E-state index >= 15 is 0 Å². The van der Waals surface area contributed by atoms with Gasteiger partial charge in [-0.1, -0.05) is 18.2 Å². The average molecular weight is 492 g/mol. The second-order valence-corrected chi connectivity index (χ2v) is 9.55. The summed E-state index contributed by atoms with van der Waals surface area (Å²) in [6.07, 6.45) is -2.75. The molecular formula is C24H24F3N3O3S. The third-order valence-corrected chi connectivity index (χ3v) is 6.45. The van der Waals surface area contributed by atoms with Crippen molar-refractivity contribution in [2.24, 2.45) is 0 Å². The Balaban J connectivity index is 1.39. The van der Waals surface area contributed by atoms with E-state index in [1.165, 1.54) is 43.1 Å². The van der Waals surface area contributed by atoms with Crippen molar-refractivity contribution >= 4 is 17.5 Å². The number of carbonyl (C=O) groups is 1. The molecule has 6 nitrogen and oxygen atoms in total. The highest BCUT2D eigenvalue weighted by atomic mass is 32.1. The highest BCUT2D eigenvalue weighted by Crippen LogP contribution is 2.31. The standard InChI is InChI=1S/C24H24F3N3O3S/c1-23(2,22(31)32)33-19-8-5-15-9-11-30(12-10-17(15)13-19)14-20-28-21(29-34-20)16-3-6-18(7-4-16)24(25,26)27/h3-8,13H,9-12,14H2,1-2H3,(H,31,32). The summed E-state index contributed by atoms with van der Waals surface area (Å²) in [5, 5.41) is 10.1. The van der Waals surface area contributed by atoms with Crippen LogP contribution >= 0.6 is 11.5 Å². The number of rotatable bonds is 6. The molecule has 180 valence electrons. The van der Waals surface area contributed by atoms with E-state index in [1.807, 2.05) is 12.1 Å². The van der Waals surface area contributed by atoms with Crippen molar-refractivity contribution in [1.82, 2.24) is 14.3 Å². The Bertz CT molecular complexity index is 1180. The quantitative estimate of drug-likeness (QED) is 0.519. The van der Waals surface area contributed by atoms with Gasteiger partial charge in [0.2, 0.25) is 0 Å². The number of halogens is 3. The normalized spacial score (nSPS) is 15.0. The first-order valence-corrected chi connectivity index (χ1v) is 11.6. The van der Waals surface area contributed by atoms with Crippen molar-refractivity contribution in [2.75, 3.05) is 13.1 Å². The van der Waals surface area contributed by atoms with Gasteiger partial charge in [-0.3, -0.25) is 4.90 Å². The van der Waals surface area contributed by atoms with Crippen LogP contribution in [0.5, 0.6) is 5.75 Å². The fourth-order valence-corrected chi connectivity index (χ4v) is 4.45. The van der Waals surface area contributed by atoms with Crippen LogP contribution < -0.4 is 4.74 Å². The Hall–Kier alpha value is -2.98. The number of hydrogen-bond donors (Lipinski definition) is 1. The van der Waals surface area contributed by atoms with Gasteiger partial charge in [0.25, 0.3) is 0 Å². The molecule has 0 radical (unpaired) electrons. The Morgan fingerprint density at radius 3 is 2.41 bits per heavy atom. The SMILES string of the molecule is CC(C)(Oc1ccc2c(c1)CCN(Cc1nc(-c3ccc(C(F)(F)F)cc3)ns1)CC2)C(=O)O. The molecule has 3 aromatic rings. The first-order valence-electron chi connectivity index (χ1n) is 10.8. The maximum Gasteiger partial charge on any atom is 0.416 e. The molecule has 0 spiro atoms. The fraction of sp³-hybridized carbons (Fsp3) is 0.375. The summed E-state index contributed by atoms with van der Waals surface area (Å²) in [4.78, 5) is 18.1. The Morgan fingerprint density at radius 2 is 1.76 bits per heavy atom. The molecule has 0 bridgehead atoms. The molecule has 2 aromatic carbocycles. The summed E-state index contributed by atoms with van der Waals surface area (Å²) in [6, 6.07) is 10.6. The molecule has 0 amide bonds. The zero-order valence-electron chi connectivity index (χ0n) is 18.7. The minimum atomic E-state index is -4.37. The summed E-state index contributed by atoms with van der Waals surface area (Å²) < 4.78 is 48.3. The third kappa shape index (κ3) is 5.56. The molecule has 4 rings (SSSR count). The largest absolute Gasteiger partial charge is 0.478 e. The van der Waals surface area contributed by atoms with E-state index in [1.54, 1.807) is 6.07 Å². The first-order chi connectivity index (χ1) is 16.0. The maximum absolute atomic E-state index is 12.8. The maximum atomic E-state index is 12.8. The van der Waals surface area contributed by atoms with Crippen molar-refractivity contribution in [1.29, 1.82) is 0 Å². The van der Waals surface area contributed by atoms with Gasteiger partial charge in [0.1, 0.15) is 10.8 Å². The van der Waals surface area contributed by atoms with E-state index in [0.29, 0.717) is 23.7 Å². The van der Waals surface area contributed by atoms with Gasteiger partial charge in [0.05, 0.1) is 12.1 Å². The fourth-order valence-electron chi connectivity index (χ4n) is 3.74. The summed E-state index contributed by atoms with van der Waals surface area (Å²) in [5.41, 5.74) is 0.870. The van der Waals surface area contributed by atoms with Gasteiger partial charge >= 0.3 is 12.1 Å². The van der Waals surface area contributed by atoms with E-state index in [-0.39, 0.29) is 0 Å². The average Bonchev–Trinajstić information content (AvgIpc) is 3.15. The van der Waals surface area contributed by atoms with Gasteiger partial charge in [0, 0.05) is 18.7 Å². The number of aliphatic carboxylic acids is 1. The van der Waals surface area contributed by atoms with Gasteiger partial charge in [-0.25, -0.2) is 9.78 Å². The van der Waals surface area contributed by atoms with Crippen LogP contribution in [-0.4, -0.2) is 44.0 Å². The molecule has 10 heteroatoms. The number of carboxylic acids is 1. The van der Waals surface area contributed by atoms with Gasteiger partial charge < -0.3 is 9.84 Å². The molecule has 1 aromatic heterocycles. The molecule has 0 unspecified atom stereocenters. The van der Waals surface area contributed by atoms with Crippen LogP contribution in [0.15, 0.2) is 42.5 Å². The smallest absolute Gasteiger partial charge is 0.416 e. The molecule has 34 heavy (non-hydrogen) atoms. The minimum Gasteiger partial charge on any atom is -0.478 e. The number of carboxylic acid groups (broad SMARTS) is 1. The van der Waals surface area contributed by atoms with Crippen LogP contribution in [0.25, 0.3) is 11.4 Å². The Morgan fingerprint density at radius 1 is 1.09 bits per heavy atom. The minimum absolute atomic E-state index is 0.426. The molecule has 1 aliphatic heterocycles. The van der Waals surface area contributed by atoms with E-state index in [4.69, 9.17) is 4.74 Å². The van der Waals surface area contributed by atoms with Gasteiger partial charge in [-0.2, -0.15) is 17.5 Å². The van der Waals surface area contributed by atoms with Crippen molar-refractivity contribution in [3.05, 3.63) is 64.2 Å². The van der Waals surface area contributed by atoms with Crippen LogP contribution in [0.2, 0.25) is 0 Å².